The highest BCUT2D eigenvalue weighted by Crippen LogP contribution is 2.23. The first-order valence-corrected chi connectivity index (χ1v) is 5.45. The predicted octanol–water partition coefficient (Wildman–Crippen LogP) is 2.82. The molecule has 0 saturated carbocycles. The Morgan fingerprint density at radius 3 is 2.31 bits per heavy atom. The minimum absolute atomic E-state index is 0.0868. The summed E-state index contributed by atoms with van der Waals surface area (Å²) < 4.78 is 10.9. The molecule has 1 heterocycles. The van der Waals surface area contributed by atoms with E-state index in [1.165, 1.54) is 12.8 Å². The molecular weight excluding hydrogens is 164 g/mol. The SMILES string of the molecule is CC[C@H](CC(C)C)CC1OCCO1. The molecule has 2 heteroatoms. The Labute approximate surface area is 81.6 Å². The van der Waals surface area contributed by atoms with Gasteiger partial charge in [0.2, 0.25) is 0 Å². The maximum atomic E-state index is 5.44. The average molecular weight is 186 g/mol. The van der Waals surface area contributed by atoms with Crippen molar-refractivity contribution in [2.24, 2.45) is 11.8 Å². The molecule has 0 aromatic heterocycles. The molecule has 0 N–H and O–H groups in total. The second-order valence-corrected chi connectivity index (χ2v) is 4.31. The summed E-state index contributed by atoms with van der Waals surface area (Å²) in [6, 6.07) is 0. The number of hydrogen-bond donors (Lipinski definition) is 0. The summed E-state index contributed by atoms with van der Waals surface area (Å²) in [5, 5.41) is 0. The summed E-state index contributed by atoms with van der Waals surface area (Å²) in [7, 11) is 0. The standard InChI is InChI=1S/C11H22O2/c1-4-10(7-9(2)3)8-11-12-5-6-13-11/h9-11H,4-8H2,1-3H3/t10-/m1/s1. The van der Waals surface area contributed by atoms with Crippen LogP contribution in [0.5, 0.6) is 0 Å². The van der Waals surface area contributed by atoms with Gasteiger partial charge < -0.3 is 9.47 Å². The highest BCUT2D eigenvalue weighted by Gasteiger charge is 2.20. The highest BCUT2D eigenvalue weighted by molar-refractivity contribution is 4.64. The van der Waals surface area contributed by atoms with Gasteiger partial charge >= 0.3 is 0 Å². The third-order valence-electron chi connectivity index (χ3n) is 2.60. The van der Waals surface area contributed by atoms with Crippen molar-refractivity contribution < 1.29 is 9.47 Å². The van der Waals surface area contributed by atoms with Gasteiger partial charge in [-0.15, -0.1) is 0 Å². The molecule has 1 rings (SSSR count). The first-order valence-electron chi connectivity index (χ1n) is 5.45. The summed E-state index contributed by atoms with van der Waals surface area (Å²) in [5.41, 5.74) is 0. The van der Waals surface area contributed by atoms with Crippen LogP contribution in [0.4, 0.5) is 0 Å². The van der Waals surface area contributed by atoms with Gasteiger partial charge in [-0.3, -0.25) is 0 Å². The van der Waals surface area contributed by atoms with Crippen molar-refractivity contribution in [1.29, 1.82) is 0 Å². The summed E-state index contributed by atoms with van der Waals surface area (Å²) in [6.45, 7) is 8.37. The number of ether oxygens (including phenoxy) is 2. The molecule has 0 unspecified atom stereocenters. The first-order chi connectivity index (χ1) is 6.22. The average Bonchev–Trinajstić information content (AvgIpc) is 2.55. The van der Waals surface area contributed by atoms with E-state index in [0.29, 0.717) is 0 Å². The largest absolute Gasteiger partial charge is 0.350 e. The first kappa shape index (κ1) is 11.0. The molecular formula is C11H22O2. The van der Waals surface area contributed by atoms with E-state index in [1.54, 1.807) is 0 Å². The Kier molecular flexibility index (Phi) is 4.74. The van der Waals surface area contributed by atoms with Gasteiger partial charge in [0.1, 0.15) is 0 Å². The molecule has 78 valence electrons. The third kappa shape index (κ3) is 4.10. The zero-order valence-electron chi connectivity index (χ0n) is 9.08. The van der Waals surface area contributed by atoms with Crippen LogP contribution in [0.25, 0.3) is 0 Å². The molecule has 1 atom stereocenters. The Bertz CT molecular complexity index is 128. The lowest BCUT2D eigenvalue weighted by molar-refractivity contribution is -0.0586. The van der Waals surface area contributed by atoms with E-state index < -0.39 is 0 Å². The quantitative estimate of drug-likeness (QED) is 0.657. The monoisotopic (exact) mass is 186 g/mol. The van der Waals surface area contributed by atoms with Gasteiger partial charge in [-0.05, 0) is 18.3 Å². The lowest BCUT2D eigenvalue weighted by atomic mass is 9.92. The number of hydrogen-bond acceptors (Lipinski definition) is 2. The van der Waals surface area contributed by atoms with Crippen LogP contribution in [0, 0.1) is 11.8 Å². The Morgan fingerprint density at radius 1 is 1.23 bits per heavy atom. The van der Waals surface area contributed by atoms with Crippen LogP contribution in [0.1, 0.15) is 40.0 Å². The second-order valence-electron chi connectivity index (χ2n) is 4.31. The van der Waals surface area contributed by atoms with Gasteiger partial charge in [0, 0.05) is 6.42 Å². The van der Waals surface area contributed by atoms with Crippen LogP contribution in [-0.2, 0) is 9.47 Å². The van der Waals surface area contributed by atoms with E-state index in [9.17, 15) is 0 Å². The van der Waals surface area contributed by atoms with E-state index in [4.69, 9.17) is 9.47 Å². The Hall–Kier alpha value is -0.0800. The number of rotatable bonds is 5. The molecule has 0 aliphatic carbocycles. The predicted molar refractivity (Wildman–Crippen MR) is 53.5 cm³/mol. The minimum atomic E-state index is 0.0868. The zero-order chi connectivity index (χ0) is 9.68. The van der Waals surface area contributed by atoms with Gasteiger partial charge in [0.15, 0.2) is 6.29 Å². The van der Waals surface area contributed by atoms with Crippen LogP contribution >= 0.6 is 0 Å². The molecule has 0 aromatic rings. The summed E-state index contributed by atoms with van der Waals surface area (Å²) in [6.07, 6.45) is 3.69. The molecule has 0 bridgehead atoms. The molecule has 1 aliphatic rings. The second kappa shape index (κ2) is 5.61. The normalized spacial score (nSPS) is 21.2. The van der Waals surface area contributed by atoms with E-state index >= 15 is 0 Å². The van der Waals surface area contributed by atoms with Crippen molar-refractivity contribution in [1.82, 2.24) is 0 Å². The van der Waals surface area contributed by atoms with Crippen LogP contribution in [-0.4, -0.2) is 19.5 Å². The smallest absolute Gasteiger partial charge is 0.158 e. The molecule has 0 radical (unpaired) electrons. The maximum absolute atomic E-state index is 5.44. The molecule has 13 heavy (non-hydrogen) atoms. The Morgan fingerprint density at radius 2 is 1.85 bits per heavy atom. The van der Waals surface area contributed by atoms with Crippen LogP contribution in [0.15, 0.2) is 0 Å². The van der Waals surface area contributed by atoms with Crippen LogP contribution < -0.4 is 0 Å². The lowest BCUT2D eigenvalue weighted by Crippen LogP contribution is -2.15. The topological polar surface area (TPSA) is 18.5 Å². The fourth-order valence-electron chi connectivity index (χ4n) is 1.91. The van der Waals surface area contributed by atoms with Crippen LogP contribution in [0.2, 0.25) is 0 Å². The molecule has 0 amide bonds. The van der Waals surface area contributed by atoms with E-state index in [2.05, 4.69) is 20.8 Å². The maximum Gasteiger partial charge on any atom is 0.158 e. The highest BCUT2D eigenvalue weighted by atomic mass is 16.7. The van der Waals surface area contributed by atoms with Crippen molar-refractivity contribution in [3.8, 4) is 0 Å². The van der Waals surface area contributed by atoms with Gasteiger partial charge in [0.05, 0.1) is 13.2 Å². The van der Waals surface area contributed by atoms with E-state index in [0.717, 1.165) is 31.5 Å². The molecule has 0 aromatic carbocycles. The van der Waals surface area contributed by atoms with E-state index in [-0.39, 0.29) is 6.29 Å². The van der Waals surface area contributed by atoms with Crippen molar-refractivity contribution in [3.63, 3.8) is 0 Å². The lowest BCUT2D eigenvalue weighted by Gasteiger charge is -2.19. The van der Waals surface area contributed by atoms with Crippen molar-refractivity contribution in [2.45, 2.75) is 46.3 Å². The molecule has 2 nitrogen and oxygen atoms in total. The molecule has 1 saturated heterocycles. The van der Waals surface area contributed by atoms with Crippen LogP contribution in [0.3, 0.4) is 0 Å². The third-order valence-corrected chi connectivity index (χ3v) is 2.60. The van der Waals surface area contributed by atoms with Gasteiger partial charge in [0.25, 0.3) is 0 Å². The molecule has 0 spiro atoms. The van der Waals surface area contributed by atoms with Gasteiger partial charge in [-0.2, -0.15) is 0 Å². The zero-order valence-corrected chi connectivity index (χ0v) is 9.08. The summed E-state index contributed by atoms with van der Waals surface area (Å²) in [4.78, 5) is 0. The fourth-order valence-corrected chi connectivity index (χ4v) is 1.91. The fraction of sp³-hybridized carbons (Fsp3) is 1.00. The minimum Gasteiger partial charge on any atom is -0.350 e. The summed E-state index contributed by atoms with van der Waals surface area (Å²) >= 11 is 0. The molecule has 1 fully saturated rings. The van der Waals surface area contributed by atoms with Crippen molar-refractivity contribution >= 4 is 0 Å². The molecule has 1 aliphatic heterocycles. The Balaban J connectivity index is 2.21. The van der Waals surface area contributed by atoms with Gasteiger partial charge in [-0.1, -0.05) is 27.2 Å². The van der Waals surface area contributed by atoms with Crippen molar-refractivity contribution in [2.75, 3.05) is 13.2 Å². The van der Waals surface area contributed by atoms with Gasteiger partial charge in [-0.25, -0.2) is 0 Å². The summed E-state index contributed by atoms with van der Waals surface area (Å²) in [5.74, 6) is 1.55. The van der Waals surface area contributed by atoms with Crippen molar-refractivity contribution in [3.05, 3.63) is 0 Å². The van der Waals surface area contributed by atoms with E-state index in [1.807, 2.05) is 0 Å².